The molecule has 0 atom stereocenters. The Morgan fingerprint density at radius 3 is 2.83 bits per heavy atom. The molecule has 1 aliphatic heterocycles. The molecule has 3 rings (SSSR count). The summed E-state index contributed by atoms with van der Waals surface area (Å²) < 4.78 is 0. The number of nitrogens with zero attached hydrogens (tertiary/aromatic N) is 4. The summed E-state index contributed by atoms with van der Waals surface area (Å²) in [5.74, 6) is 0.386. The maximum Gasteiger partial charge on any atom is 0.246 e. The third kappa shape index (κ3) is 3.46. The van der Waals surface area contributed by atoms with Gasteiger partial charge in [0, 0.05) is 23.9 Å². The van der Waals surface area contributed by atoms with E-state index in [4.69, 9.17) is 11.6 Å². The lowest BCUT2D eigenvalue weighted by molar-refractivity contribution is -0.118. The minimum absolute atomic E-state index is 0.0253. The number of carbonyl (C=O) groups is 1. The number of rotatable bonds is 4. The van der Waals surface area contributed by atoms with Crippen LogP contribution in [0.3, 0.4) is 0 Å². The monoisotopic (exact) mass is 347 g/mol. The van der Waals surface area contributed by atoms with Gasteiger partial charge in [-0.25, -0.2) is 10.1 Å². The number of aliphatic imine (C=N–C) groups is 1. The number of H-pyrrole nitrogens is 1. The van der Waals surface area contributed by atoms with E-state index >= 15 is 0 Å². The lowest BCUT2D eigenvalue weighted by Crippen LogP contribution is -2.32. The van der Waals surface area contributed by atoms with E-state index in [1.54, 1.807) is 6.21 Å². The summed E-state index contributed by atoms with van der Waals surface area (Å²) in [5, 5.41) is 7.73. The highest BCUT2D eigenvalue weighted by Crippen LogP contribution is 2.30. The smallest absolute Gasteiger partial charge is 0.246 e. The van der Waals surface area contributed by atoms with E-state index in [9.17, 15) is 4.79 Å². The highest BCUT2D eigenvalue weighted by Gasteiger charge is 2.26. The van der Waals surface area contributed by atoms with Crippen molar-refractivity contribution in [1.82, 2.24) is 15.2 Å². The highest BCUT2D eigenvalue weighted by molar-refractivity contribution is 7.98. The van der Waals surface area contributed by atoms with Crippen molar-refractivity contribution >= 4 is 47.1 Å². The molecule has 1 aromatic heterocycles. The maximum atomic E-state index is 12.2. The average molecular weight is 348 g/mol. The fourth-order valence-electron chi connectivity index (χ4n) is 2.19. The molecule has 6 nitrogen and oxygen atoms in total. The quantitative estimate of drug-likeness (QED) is 0.521. The van der Waals surface area contributed by atoms with Crippen LogP contribution in [-0.2, 0) is 4.79 Å². The molecular weight excluding hydrogens is 334 g/mol. The second-order valence-electron chi connectivity index (χ2n) is 4.78. The van der Waals surface area contributed by atoms with Gasteiger partial charge in [0.05, 0.1) is 0 Å². The Bertz CT molecular complexity index is 771. The van der Waals surface area contributed by atoms with Gasteiger partial charge in [0.1, 0.15) is 5.16 Å². The Balaban J connectivity index is 1.88. The first-order valence-corrected chi connectivity index (χ1v) is 8.56. The third-order valence-electron chi connectivity index (χ3n) is 3.31. The molecule has 1 amide bonds. The van der Waals surface area contributed by atoms with E-state index in [1.165, 1.54) is 16.7 Å². The van der Waals surface area contributed by atoms with Gasteiger partial charge in [-0.15, -0.1) is 5.10 Å². The van der Waals surface area contributed by atoms with Crippen LogP contribution in [-0.4, -0.2) is 33.6 Å². The second-order valence-corrected chi connectivity index (χ2v) is 5.92. The zero-order valence-corrected chi connectivity index (χ0v) is 13.9. The molecule has 2 heterocycles. The van der Waals surface area contributed by atoms with Crippen LogP contribution in [0.1, 0.15) is 12.8 Å². The van der Waals surface area contributed by atoms with Crippen molar-refractivity contribution in [2.45, 2.75) is 18.0 Å². The molecule has 1 N–H and O–H groups in total. The van der Waals surface area contributed by atoms with Crippen LogP contribution < -0.4 is 4.90 Å². The van der Waals surface area contributed by atoms with Gasteiger partial charge in [-0.05, 0) is 24.8 Å². The summed E-state index contributed by atoms with van der Waals surface area (Å²) in [6, 6.07) is 9.33. The first-order valence-electron chi connectivity index (χ1n) is 6.96. The summed E-state index contributed by atoms with van der Waals surface area (Å²) in [7, 11) is 0. The molecule has 2 aromatic rings. The number of para-hydroxylation sites is 1. The van der Waals surface area contributed by atoms with Gasteiger partial charge in [-0.2, -0.15) is 4.98 Å². The number of aromatic amines is 1. The number of benzene rings is 1. The molecule has 1 aromatic carbocycles. The number of allylic oxidation sites excluding steroid dienone is 1. The maximum absolute atomic E-state index is 12.2. The summed E-state index contributed by atoms with van der Waals surface area (Å²) in [6.45, 7) is 0. The Labute approximate surface area is 142 Å². The predicted molar refractivity (Wildman–Crippen MR) is 92.4 cm³/mol. The summed E-state index contributed by atoms with van der Waals surface area (Å²) in [5.41, 5.74) is 1.54. The van der Waals surface area contributed by atoms with Crippen molar-refractivity contribution in [2.75, 3.05) is 11.2 Å². The normalized spacial score (nSPS) is 15.7. The van der Waals surface area contributed by atoms with Crippen LogP contribution in [0.15, 0.2) is 51.2 Å². The van der Waals surface area contributed by atoms with Crippen molar-refractivity contribution in [1.29, 1.82) is 0 Å². The van der Waals surface area contributed by atoms with Gasteiger partial charge in [0.15, 0.2) is 0 Å². The number of hydrogen-bond donors (Lipinski definition) is 1. The van der Waals surface area contributed by atoms with Crippen LogP contribution >= 0.6 is 23.4 Å². The van der Waals surface area contributed by atoms with Gasteiger partial charge >= 0.3 is 0 Å². The Morgan fingerprint density at radius 2 is 2.13 bits per heavy atom. The SMILES string of the molecule is CSc1n[nH]c(/N=C/C2=C(Cl)N(c3ccccc3)C(=O)CC2)n1. The average Bonchev–Trinajstić information content (AvgIpc) is 3.03. The molecule has 0 fully saturated rings. The van der Waals surface area contributed by atoms with Gasteiger partial charge in [-0.1, -0.05) is 41.6 Å². The van der Waals surface area contributed by atoms with Crippen molar-refractivity contribution < 1.29 is 4.79 Å². The van der Waals surface area contributed by atoms with E-state index < -0.39 is 0 Å². The standard InChI is InChI=1S/C15H14ClN5OS/c1-23-15-18-14(19-20-15)17-9-10-7-8-12(22)21(13(10)16)11-5-3-2-4-6-11/h2-6,9H,7-8H2,1H3,(H,18,19,20)/b17-9+. The van der Waals surface area contributed by atoms with Gasteiger partial charge < -0.3 is 0 Å². The van der Waals surface area contributed by atoms with Crippen LogP contribution in [0.5, 0.6) is 0 Å². The van der Waals surface area contributed by atoms with Crippen molar-refractivity contribution in [3.8, 4) is 0 Å². The van der Waals surface area contributed by atoms with E-state index in [0.717, 1.165) is 11.3 Å². The lowest BCUT2D eigenvalue weighted by Gasteiger charge is -2.27. The molecule has 0 saturated carbocycles. The van der Waals surface area contributed by atoms with Crippen LogP contribution in [0.4, 0.5) is 11.6 Å². The Kier molecular flexibility index (Phi) is 4.78. The van der Waals surface area contributed by atoms with Crippen LogP contribution in [0.25, 0.3) is 0 Å². The first kappa shape index (κ1) is 15.8. The second kappa shape index (κ2) is 6.97. The first-order chi connectivity index (χ1) is 11.2. The molecule has 23 heavy (non-hydrogen) atoms. The third-order valence-corrected chi connectivity index (χ3v) is 4.27. The molecule has 0 bridgehead atoms. The molecular formula is C15H14ClN5OS. The number of hydrogen-bond acceptors (Lipinski definition) is 5. The van der Waals surface area contributed by atoms with Crippen LogP contribution in [0.2, 0.25) is 0 Å². The van der Waals surface area contributed by atoms with Gasteiger partial charge in [0.25, 0.3) is 0 Å². The molecule has 8 heteroatoms. The number of thioether (sulfide) groups is 1. The molecule has 0 spiro atoms. The van der Waals surface area contributed by atoms with E-state index in [-0.39, 0.29) is 5.91 Å². The Hall–Kier alpha value is -2.12. The summed E-state index contributed by atoms with van der Waals surface area (Å²) >= 11 is 7.85. The number of amides is 1. The fourth-order valence-corrected chi connectivity index (χ4v) is 2.84. The Morgan fingerprint density at radius 1 is 1.35 bits per heavy atom. The number of anilines is 1. The number of carbonyl (C=O) groups excluding carboxylic acids is 1. The van der Waals surface area contributed by atoms with E-state index in [2.05, 4.69) is 20.2 Å². The van der Waals surface area contributed by atoms with E-state index in [1.807, 2.05) is 36.6 Å². The fraction of sp³-hybridized carbons (Fsp3) is 0.200. The molecule has 0 aliphatic carbocycles. The zero-order chi connectivity index (χ0) is 16.2. The topological polar surface area (TPSA) is 74.2 Å². The van der Waals surface area contributed by atoms with Crippen molar-refractivity contribution in [3.63, 3.8) is 0 Å². The zero-order valence-electron chi connectivity index (χ0n) is 12.4. The minimum Gasteiger partial charge on any atom is -0.274 e. The molecule has 0 unspecified atom stereocenters. The molecule has 118 valence electrons. The van der Waals surface area contributed by atoms with E-state index in [0.29, 0.717) is 29.1 Å². The highest BCUT2D eigenvalue weighted by atomic mass is 35.5. The van der Waals surface area contributed by atoms with Crippen molar-refractivity contribution in [2.24, 2.45) is 4.99 Å². The number of halogens is 1. The summed E-state index contributed by atoms with van der Waals surface area (Å²) in [6.07, 6.45) is 4.46. The van der Waals surface area contributed by atoms with Gasteiger partial charge in [0.2, 0.25) is 17.0 Å². The number of nitrogens with one attached hydrogen (secondary N) is 1. The minimum atomic E-state index is -0.0253. The van der Waals surface area contributed by atoms with Crippen molar-refractivity contribution in [3.05, 3.63) is 41.1 Å². The largest absolute Gasteiger partial charge is 0.274 e. The lowest BCUT2D eigenvalue weighted by atomic mass is 10.1. The predicted octanol–water partition coefficient (Wildman–Crippen LogP) is 3.51. The number of aromatic nitrogens is 3. The van der Waals surface area contributed by atoms with Crippen LogP contribution in [0, 0.1) is 0 Å². The molecule has 1 aliphatic rings. The summed E-state index contributed by atoms with van der Waals surface area (Å²) in [4.78, 5) is 22.1. The molecule has 0 saturated heterocycles. The molecule has 0 radical (unpaired) electrons. The van der Waals surface area contributed by atoms with Gasteiger partial charge in [-0.3, -0.25) is 9.69 Å².